The van der Waals surface area contributed by atoms with E-state index in [4.69, 9.17) is 4.74 Å². The van der Waals surface area contributed by atoms with E-state index in [9.17, 15) is 4.79 Å². The zero-order chi connectivity index (χ0) is 16.8. The topological polar surface area (TPSA) is 76.1 Å². The Balaban J connectivity index is 1.56. The summed E-state index contributed by atoms with van der Waals surface area (Å²) in [6.45, 7) is 0.367. The molecular weight excluding hydrogens is 324 g/mol. The van der Waals surface area contributed by atoms with Gasteiger partial charge in [0.2, 0.25) is 0 Å². The molecule has 1 aromatic carbocycles. The van der Waals surface area contributed by atoms with Gasteiger partial charge in [-0.05, 0) is 24.3 Å². The number of hydrogen-bond acceptors (Lipinski definition) is 5. The van der Waals surface area contributed by atoms with Crippen LogP contribution in [-0.4, -0.2) is 23.1 Å². The molecule has 24 heavy (non-hydrogen) atoms. The van der Waals surface area contributed by atoms with Gasteiger partial charge in [0.05, 0.1) is 19.3 Å². The predicted molar refractivity (Wildman–Crippen MR) is 94.2 cm³/mol. The lowest BCUT2D eigenvalue weighted by Gasteiger charge is -2.07. The van der Waals surface area contributed by atoms with Crippen LogP contribution < -0.4 is 15.4 Å². The molecule has 0 unspecified atom stereocenters. The normalized spacial score (nSPS) is 10.2. The predicted octanol–water partition coefficient (Wildman–Crippen LogP) is 3.54. The van der Waals surface area contributed by atoms with Gasteiger partial charge >= 0.3 is 6.03 Å². The van der Waals surface area contributed by atoms with E-state index >= 15 is 0 Å². The molecule has 0 aliphatic heterocycles. The number of aromatic nitrogens is 2. The van der Waals surface area contributed by atoms with Crippen LogP contribution in [0.25, 0.3) is 11.3 Å². The highest BCUT2D eigenvalue weighted by atomic mass is 32.1. The van der Waals surface area contributed by atoms with E-state index in [0.29, 0.717) is 18.0 Å². The summed E-state index contributed by atoms with van der Waals surface area (Å²) >= 11 is 1.50. The zero-order valence-corrected chi connectivity index (χ0v) is 13.8. The second-order valence-corrected chi connectivity index (χ2v) is 5.84. The largest absolute Gasteiger partial charge is 0.497 e. The number of nitrogens with zero attached hydrogens (tertiary/aromatic N) is 2. The van der Waals surface area contributed by atoms with Crippen molar-refractivity contribution in [3.05, 3.63) is 59.2 Å². The minimum atomic E-state index is -0.288. The van der Waals surface area contributed by atoms with E-state index < -0.39 is 0 Å². The van der Waals surface area contributed by atoms with Crippen molar-refractivity contribution in [1.82, 2.24) is 15.3 Å². The minimum absolute atomic E-state index is 0.288. The zero-order valence-electron chi connectivity index (χ0n) is 13.0. The lowest BCUT2D eigenvalue weighted by atomic mass is 10.2. The number of carbonyl (C=O) groups is 1. The molecule has 7 heteroatoms. The van der Waals surface area contributed by atoms with Gasteiger partial charge in [-0.1, -0.05) is 6.07 Å². The first-order valence-corrected chi connectivity index (χ1v) is 8.16. The fraction of sp³-hybridized carbons (Fsp3) is 0.118. The van der Waals surface area contributed by atoms with Crippen molar-refractivity contribution in [2.24, 2.45) is 0 Å². The first kappa shape index (κ1) is 15.9. The number of nitrogens with one attached hydrogen (secondary N) is 2. The van der Waals surface area contributed by atoms with Gasteiger partial charge in [0.1, 0.15) is 10.8 Å². The summed E-state index contributed by atoms with van der Waals surface area (Å²) in [6, 6.07) is 10.7. The molecule has 0 atom stereocenters. The first-order chi connectivity index (χ1) is 11.7. The van der Waals surface area contributed by atoms with Gasteiger partial charge in [0.15, 0.2) is 0 Å². The van der Waals surface area contributed by atoms with Crippen LogP contribution in [0, 0.1) is 0 Å². The van der Waals surface area contributed by atoms with Gasteiger partial charge in [0, 0.05) is 35.1 Å². The molecule has 3 rings (SSSR count). The molecule has 122 valence electrons. The third-order valence-corrected chi connectivity index (χ3v) is 4.10. The molecule has 0 aliphatic carbocycles. The number of ether oxygens (including phenoxy) is 1. The van der Waals surface area contributed by atoms with Crippen LogP contribution in [0.15, 0.2) is 54.2 Å². The highest BCUT2D eigenvalue weighted by molar-refractivity contribution is 7.09. The van der Waals surface area contributed by atoms with Crippen LogP contribution in [0.1, 0.15) is 5.01 Å². The molecule has 0 saturated heterocycles. The Morgan fingerprint density at radius 3 is 2.88 bits per heavy atom. The Kier molecular flexibility index (Phi) is 5.02. The number of anilines is 1. The highest BCUT2D eigenvalue weighted by Crippen LogP contribution is 2.21. The molecule has 6 nitrogen and oxygen atoms in total. The van der Waals surface area contributed by atoms with Crippen LogP contribution in [0.4, 0.5) is 10.5 Å². The number of amides is 2. The number of hydrogen-bond donors (Lipinski definition) is 2. The number of methoxy groups -OCH3 is 1. The average molecular weight is 340 g/mol. The monoisotopic (exact) mass is 340 g/mol. The van der Waals surface area contributed by atoms with Crippen molar-refractivity contribution in [2.75, 3.05) is 12.4 Å². The van der Waals surface area contributed by atoms with E-state index in [0.717, 1.165) is 16.3 Å². The maximum atomic E-state index is 12.0. The molecule has 2 amide bonds. The third-order valence-electron chi connectivity index (χ3n) is 3.26. The number of carbonyl (C=O) groups excluding carboxylic acids is 1. The van der Waals surface area contributed by atoms with Crippen LogP contribution in [0.3, 0.4) is 0 Å². The highest BCUT2D eigenvalue weighted by Gasteiger charge is 2.07. The summed E-state index contributed by atoms with van der Waals surface area (Å²) in [4.78, 5) is 20.5. The van der Waals surface area contributed by atoms with Crippen molar-refractivity contribution >= 4 is 23.1 Å². The van der Waals surface area contributed by atoms with Crippen molar-refractivity contribution in [3.63, 3.8) is 0 Å². The van der Waals surface area contributed by atoms with Crippen molar-refractivity contribution in [3.8, 4) is 17.0 Å². The second-order valence-electron chi connectivity index (χ2n) is 4.90. The summed E-state index contributed by atoms with van der Waals surface area (Å²) in [7, 11) is 1.59. The van der Waals surface area contributed by atoms with Gasteiger partial charge in [-0.15, -0.1) is 11.3 Å². The number of benzene rings is 1. The van der Waals surface area contributed by atoms with Gasteiger partial charge < -0.3 is 15.4 Å². The fourth-order valence-corrected chi connectivity index (χ4v) is 2.82. The molecule has 0 aliphatic rings. The molecule has 0 radical (unpaired) electrons. The summed E-state index contributed by atoms with van der Waals surface area (Å²) < 4.78 is 5.13. The Morgan fingerprint density at radius 2 is 2.08 bits per heavy atom. The van der Waals surface area contributed by atoms with Crippen LogP contribution in [0.2, 0.25) is 0 Å². The Hall–Kier alpha value is -2.93. The standard InChI is InChI=1S/C17H16N4O2S/c1-23-14-4-2-3-13(9-14)20-17(22)19-10-16-21-15(11-24-16)12-5-7-18-8-6-12/h2-9,11H,10H2,1H3,(H2,19,20,22). The Labute approximate surface area is 143 Å². The summed E-state index contributed by atoms with van der Waals surface area (Å²) in [5.41, 5.74) is 2.56. The van der Waals surface area contributed by atoms with Crippen molar-refractivity contribution in [2.45, 2.75) is 6.54 Å². The fourth-order valence-electron chi connectivity index (χ4n) is 2.08. The van der Waals surface area contributed by atoms with E-state index in [-0.39, 0.29) is 6.03 Å². The van der Waals surface area contributed by atoms with Crippen molar-refractivity contribution < 1.29 is 9.53 Å². The quantitative estimate of drug-likeness (QED) is 0.745. The number of rotatable bonds is 5. The van der Waals surface area contributed by atoms with Crippen LogP contribution >= 0.6 is 11.3 Å². The maximum Gasteiger partial charge on any atom is 0.319 e. The second kappa shape index (κ2) is 7.56. The summed E-state index contributed by atoms with van der Waals surface area (Å²) in [6.07, 6.45) is 3.46. The first-order valence-electron chi connectivity index (χ1n) is 7.28. The lowest BCUT2D eigenvalue weighted by molar-refractivity contribution is 0.251. The number of urea groups is 1. The van der Waals surface area contributed by atoms with Crippen LogP contribution in [-0.2, 0) is 6.54 Å². The van der Waals surface area contributed by atoms with E-state index in [2.05, 4.69) is 20.6 Å². The molecule has 2 N–H and O–H groups in total. The molecule has 3 aromatic rings. The summed E-state index contributed by atoms with van der Waals surface area (Å²) in [5.74, 6) is 0.690. The van der Waals surface area contributed by atoms with Crippen LogP contribution in [0.5, 0.6) is 5.75 Å². The number of pyridine rings is 1. The van der Waals surface area contributed by atoms with E-state index in [1.165, 1.54) is 11.3 Å². The smallest absolute Gasteiger partial charge is 0.319 e. The lowest BCUT2D eigenvalue weighted by Crippen LogP contribution is -2.28. The molecule has 2 heterocycles. The molecule has 0 bridgehead atoms. The van der Waals surface area contributed by atoms with E-state index in [1.54, 1.807) is 31.6 Å². The Bertz CT molecular complexity index is 820. The van der Waals surface area contributed by atoms with Gasteiger partial charge in [-0.25, -0.2) is 9.78 Å². The SMILES string of the molecule is COc1cccc(NC(=O)NCc2nc(-c3ccncc3)cs2)c1. The van der Waals surface area contributed by atoms with Gasteiger partial charge in [-0.2, -0.15) is 0 Å². The average Bonchev–Trinajstić information content (AvgIpc) is 3.10. The third kappa shape index (κ3) is 4.08. The molecule has 0 saturated carbocycles. The number of thiazole rings is 1. The molecule has 2 aromatic heterocycles. The maximum absolute atomic E-state index is 12.0. The van der Waals surface area contributed by atoms with E-state index in [1.807, 2.05) is 29.6 Å². The minimum Gasteiger partial charge on any atom is -0.497 e. The summed E-state index contributed by atoms with van der Waals surface area (Å²) in [5, 5.41) is 8.36. The molecule has 0 fully saturated rings. The van der Waals surface area contributed by atoms with Crippen molar-refractivity contribution in [1.29, 1.82) is 0 Å². The molecule has 0 spiro atoms. The van der Waals surface area contributed by atoms with Gasteiger partial charge in [0.25, 0.3) is 0 Å². The van der Waals surface area contributed by atoms with Gasteiger partial charge in [-0.3, -0.25) is 4.98 Å². The molecular formula is C17H16N4O2S. The Morgan fingerprint density at radius 1 is 1.25 bits per heavy atom.